The number of carbonyl (C=O) groups is 2. The third kappa shape index (κ3) is 19.2. The first kappa shape index (κ1) is 85.6. The summed E-state index contributed by atoms with van der Waals surface area (Å²) in [6.45, 7) is 8.82. The second-order valence-electron chi connectivity index (χ2n) is 33.0. The van der Waals surface area contributed by atoms with E-state index < -0.39 is 0 Å². The lowest BCUT2D eigenvalue weighted by Gasteiger charge is -2.35. The Kier molecular flexibility index (Phi) is 26.8. The average Bonchev–Trinajstić information content (AvgIpc) is 0.810. The summed E-state index contributed by atoms with van der Waals surface area (Å²) >= 11 is 3.65. The van der Waals surface area contributed by atoms with Crippen LogP contribution in [0.15, 0.2) is 408 Å². The lowest BCUT2D eigenvalue weighted by Crippen LogP contribution is -2.22. The Morgan fingerprint density at radius 1 is 0.254 bits per heavy atom. The first-order valence-corrected chi connectivity index (χ1v) is 47.0. The molecule has 0 bridgehead atoms. The zero-order valence-electron chi connectivity index (χ0n) is 73.1. The van der Waals surface area contributed by atoms with Crippen molar-refractivity contribution in [3.05, 3.63) is 411 Å². The van der Waals surface area contributed by atoms with Crippen molar-refractivity contribution in [3.63, 3.8) is 0 Å². The largest absolute Gasteiger partial charge is 0.346 e. The summed E-state index contributed by atoms with van der Waals surface area (Å²) in [6.07, 6.45) is 10.5. The highest BCUT2D eigenvalue weighted by atomic mass is 32.2. The van der Waals surface area contributed by atoms with Crippen LogP contribution in [-0.4, -0.2) is 52.1 Å². The van der Waals surface area contributed by atoms with E-state index in [4.69, 9.17) is 18.9 Å². The molecule has 0 N–H and O–H groups in total. The van der Waals surface area contributed by atoms with Crippen LogP contribution in [0.3, 0.4) is 0 Å². The summed E-state index contributed by atoms with van der Waals surface area (Å²) in [6, 6.07) is 138. The maximum atomic E-state index is 11.7. The van der Waals surface area contributed by atoms with Gasteiger partial charge in [0.05, 0.1) is 49.2 Å². The molecule has 0 unspecified atom stereocenters. The topological polar surface area (TPSA) is 90.5 Å². The van der Waals surface area contributed by atoms with E-state index in [0.717, 1.165) is 129 Å². The molecule has 2 saturated heterocycles. The molecule has 4 heterocycles. The summed E-state index contributed by atoms with van der Waals surface area (Å²) in [4.78, 5) is 42.5. The molecule has 0 atom stereocenters. The summed E-state index contributed by atoms with van der Waals surface area (Å²) < 4.78 is 23.5. The van der Waals surface area contributed by atoms with Crippen LogP contribution in [0.4, 0.5) is 91.0 Å². The molecular weight excluding hydrogens is 1640 g/mol. The number of hydrogen-bond donors (Lipinski definition) is 0. The monoisotopic (exact) mass is 1740 g/mol. The van der Waals surface area contributed by atoms with Crippen molar-refractivity contribution in [2.75, 3.05) is 68.9 Å². The second-order valence-corrected chi connectivity index (χ2v) is 35.1. The fourth-order valence-electron chi connectivity index (χ4n) is 17.7. The lowest BCUT2D eigenvalue weighted by molar-refractivity contribution is -0.0443. The SMILES string of the molecule is CCCCCCN1c2ccc(N(c3ccc(-c4ccccc4)cc3)c3ccc(C4OCCO4)cc3)cc2Sc2cc(N(c3ccc(-c4ccccc4)cc3)c3ccc(C4OCCO4)cc3)ccc21.CCCCCCN1c2ccc(N(c3ccc(C=O)cc3)c3ccc(-c4ccccc4)cc3)cc2Sc2cc(N(c3ccc(C=O)cc3)c3ccc(-c4ccccc4)cc3)ccc21. The molecule has 12 nitrogen and oxygen atoms in total. The number of benzene rings is 16. The van der Waals surface area contributed by atoms with Gasteiger partial charge in [-0.3, -0.25) is 9.59 Å². The van der Waals surface area contributed by atoms with Crippen molar-refractivity contribution < 1.29 is 28.5 Å². The Labute approximate surface area is 771 Å². The van der Waals surface area contributed by atoms with Crippen LogP contribution < -0.4 is 29.4 Å². The van der Waals surface area contributed by atoms with E-state index in [-0.39, 0.29) is 12.6 Å². The highest BCUT2D eigenvalue weighted by Crippen LogP contribution is 2.56. The van der Waals surface area contributed by atoms with E-state index in [1.54, 1.807) is 11.8 Å². The average molecular weight is 1740 g/mol. The summed E-state index contributed by atoms with van der Waals surface area (Å²) in [5.74, 6) is 0. The normalized spacial score (nSPS) is 13.3. The first-order valence-electron chi connectivity index (χ1n) is 45.3. The van der Waals surface area contributed by atoms with Gasteiger partial charge in [0.25, 0.3) is 0 Å². The van der Waals surface area contributed by atoms with Crippen molar-refractivity contribution in [3.8, 4) is 44.5 Å². The van der Waals surface area contributed by atoms with Gasteiger partial charge in [0.1, 0.15) is 12.6 Å². The molecule has 0 aromatic heterocycles. The van der Waals surface area contributed by atoms with Gasteiger partial charge in [-0.25, -0.2) is 0 Å². The van der Waals surface area contributed by atoms with Crippen LogP contribution in [0.25, 0.3) is 44.5 Å². The van der Waals surface area contributed by atoms with Crippen LogP contribution in [0.2, 0.25) is 0 Å². The Bertz CT molecular complexity index is 6110. The minimum atomic E-state index is -0.332. The quantitative estimate of drug-likeness (QED) is 0.0316. The smallest absolute Gasteiger partial charge is 0.184 e. The molecule has 130 heavy (non-hydrogen) atoms. The Hall–Kier alpha value is -13.8. The van der Waals surface area contributed by atoms with E-state index in [1.165, 1.54) is 114 Å². The molecule has 4 aliphatic rings. The van der Waals surface area contributed by atoms with Gasteiger partial charge in [0.15, 0.2) is 12.6 Å². The number of aldehydes is 2. The molecule has 2 fully saturated rings. The van der Waals surface area contributed by atoms with E-state index >= 15 is 0 Å². The van der Waals surface area contributed by atoms with Crippen LogP contribution >= 0.6 is 23.5 Å². The lowest BCUT2D eigenvalue weighted by atomic mass is 10.0. The Morgan fingerprint density at radius 3 is 0.700 bits per heavy atom. The summed E-state index contributed by atoms with van der Waals surface area (Å²) in [5.41, 5.74) is 30.1. The minimum Gasteiger partial charge on any atom is -0.346 e. The molecule has 0 saturated carbocycles. The van der Waals surface area contributed by atoms with Gasteiger partial charge in [0.2, 0.25) is 0 Å². The van der Waals surface area contributed by atoms with Crippen molar-refractivity contribution in [2.45, 2.75) is 97.4 Å². The zero-order chi connectivity index (χ0) is 87.9. The molecule has 0 spiro atoms. The van der Waals surface area contributed by atoms with Gasteiger partial charge in [-0.15, -0.1) is 0 Å². The van der Waals surface area contributed by atoms with Crippen molar-refractivity contribution >= 4 is 127 Å². The van der Waals surface area contributed by atoms with Crippen molar-refractivity contribution in [1.82, 2.24) is 0 Å². The predicted octanol–water partition coefficient (Wildman–Crippen LogP) is 32.0. The highest BCUT2D eigenvalue weighted by Gasteiger charge is 2.31. The van der Waals surface area contributed by atoms with Gasteiger partial charge in [-0.1, -0.05) is 270 Å². The van der Waals surface area contributed by atoms with Crippen LogP contribution in [0, 0.1) is 0 Å². The number of anilines is 16. The molecule has 20 rings (SSSR count). The molecule has 14 heteroatoms. The van der Waals surface area contributed by atoms with Crippen LogP contribution in [-0.2, 0) is 18.9 Å². The standard InChI is InChI=1S/C60H55N3O4S.C56H47N3O2S/c1-2-3-4-11-36-61-55-34-32-53(62(51-28-20-47(21-29-51)59-64-37-38-65-59)49-24-16-45(17-25-49)43-12-7-5-8-13-43)41-57(55)68-58-42-54(33-35-56(58)61)63(52-30-22-48(23-31-52)60-66-39-40-67-60)50-26-18-46(19-27-50)44-14-9-6-10-15-44;1-2-3-4-11-36-57-53-34-32-51(58(47-24-16-41(39-60)17-25-47)49-28-20-45(21-29-49)43-12-7-5-8-13-43)37-55(53)62-56-38-52(33-35-54(56)57)59(48-26-18-42(40-61)19-27-48)50-30-22-46(23-31-50)44-14-9-6-10-15-44/h5-10,12-35,41-42,59-60H,2-4,11,36-40H2,1H3;5-10,12-35,37-40H,2-4,11,36H2,1H3. The van der Waals surface area contributed by atoms with Crippen LogP contribution in [0.1, 0.15) is 110 Å². The van der Waals surface area contributed by atoms with Gasteiger partial charge < -0.3 is 48.3 Å². The maximum absolute atomic E-state index is 11.7. The van der Waals surface area contributed by atoms with E-state index in [0.29, 0.717) is 37.6 Å². The van der Waals surface area contributed by atoms with Gasteiger partial charge >= 0.3 is 0 Å². The maximum Gasteiger partial charge on any atom is 0.184 e. The fraction of sp³-hybridized carbons (Fsp3) is 0.155. The van der Waals surface area contributed by atoms with Crippen LogP contribution in [0.5, 0.6) is 0 Å². The number of ether oxygens (including phenoxy) is 4. The Morgan fingerprint density at radius 2 is 0.469 bits per heavy atom. The minimum absolute atomic E-state index is 0.332. The molecule has 0 aliphatic carbocycles. The summed E-state index contributed by atoms with van der Waals surface area (Å²) in [5, 5.41) is 0. The molecular formula is C116H102N6O6S2. The van der Waals surface area contributed by atoms with Crippen molar-refractivity contribution in [2.24, 2.45) is 0 Å². The van der Waals surface area contributed by atoms with Crippen molar-refractivity contribution in [1.29, 1.82) is 0 Å². The Balaban J connectivity index is 0.000000169. The predicted molar refractivity (Wildman–Crippen MR) is 537 cm³/mol. The molecule has 0 radical (unpaired) electrons. The van der Waals surface area contributed by atoms with Gasteiger partial charge in [-0.2, -0.15) is 0 Å². The number of rotatable bonds is 30. The number of fused-ring (bicyclic) bond motifs is 4. The fourth-order valence-corrected chi connectivity index (χ4v) is 20.1. The highest BCUT2D eigenvalue weighted by molar-refractivity contribution is 8.00. The number of hydrogen-bond acceptors (Lipinski definition) is 14. The number of nitrogens with zero attached hydrogens (tertiary/aromatic N) is 6. The van der Waals surface area contributed by atoms with E-state index in [2.05, 4.69) is 371 Å². The molecule has 0 amide bonds. The first-order chi connectivity index (χ1) is 64.3. The molecule has 644 valence electrons. The number of unbranched alkanes of at least 4 members (excludes halogenated alkanes) is 6. The third-order valence-electron chi connectivity index (χ3n) is 24.5. The molecule has 4 aliphatic heterocycles. The van der Waals surface area contributed by atoms with Gasteiger partial charge in [-0.05, 0) is 251 Å². The summed E-state index contributed by atoms with van der Waals surface area (Å²) in [7, 11) is 0. The number of carbonyl (C=O) groups excluding carboxylic acids is 2. The zero-order valence-corrected chi connectivity index (χ0v) is 74.7. The van der Waals surface area contributed by atoms with Gasteiger partial charge in [0, 0.05) is 123 Å². The van der Waals surface area contributed by atoms with E-state index in [1.807, 2.05) is 72.4 Å². The molecule has 16 aromatic carbocycles. The molecule has 16 aromatic rings. The van der Waals surface area contributed by atoms with E-state index in [9.17, 15) is 9.59 Å². The third-order valence-corrected chi connectivity index (χ3v) is 26.7. The second kappa shape index (κ2) is 40.7.